The van der Waals surface area contributed by atoms with Gasteiger partial charge in [0.1, 0.15) is 0 Å². The molecule has 0 heterocycles. The van der Waals surface area contributed by atoms with Crippen LogP contribution in [0.3, 0.4) is 0 Å². The summed E-state index contributed by atoms with van der Waals surface area (Å²) >= 11 is -0.695. The second-order valence-electron chi connectivity index (χ2n) is 4.56. The summed E-state index contributed by atoms with van der Waals surface area (Å²) in [5.74, 6) is 0. The third kappa shape index (κ3) is 4.88. The molecule has 0 unspecified atom stereocenters. The molecule has 2 aromatic rings. The Balaban J connectivity index is 0.00000110. The van der Waals surface area contributed by atoms with Crippen LogP contribution in [-0.2, 0) is 22.8 Å². The molecule has 0 nitrogen and oxygen atoms in total. The minimum Gasteiger partial charge on any atom is -1.00 e. The van der Waals surface area contributed by atoms with Gasteiger partial charge in [-0.15, -0.1) is 0 Å². The summed E-state index contributed by atoms with van der Waals surface area (Å²) in [4.78, 5) is 0. The van der Waals surface area contributed by atoms with Gasteiger partial charge in [0.25, 0.3) is 0 Å². The van der Waals surface area contributed by atoms with Gasteiger partial charge in [0.15, 0.2) is 0 Å². The van der Waals surface area contributed by atoms with Gasteiger partial charge in [-0.25, -0.2) is 0 Å². The summed E-state index contributed by atoms with van der Waals surface area (Å²) in [5, 5.41) is 0. The molecule has 3 rings (SSSR count). The zero-order valence-corrected chi connectivity index (χ0v) is 15.4. The summed E-state index contributed by atoms with van der Waals surface area (Å²) in [7, 11) is 0. The van der Waals surface area contributed by atoms with Gasteiger partial charge in [-0.3, -0.25) is 0 Å². The molecule has 0 fully saturated rings. The fourth-order valence-corrected chi connectivity index (χ4v) is 5.52. The summed E-state index contributed by atoms with van der Waals surface area (Å²) in [5.41, 5.74) is 2.79. The number of allylic oxidation sites excluding steroid dienone is 4. The van der Waals surface area contributed by atoms with Crippen molar-refractivity contribution in [2.75, 3.05) is 0 Å². The molecule has 21 heavy (non-hydrogen) atoms. The van der Waals surface area contributed by atoms with E-state index in [1.54, 1.807) is 6.49 Å². The van der Waals surface area contributed by atoms with Gasteiger partial charge in [0.2, 0.25) is 0 Å². The largest absolute Gasteiger partial charge is 1.00 e. The Bertz CT molecular complexity index is 602. The Morgan fingerprint density at radius 1 is 0.762 bits per heavy atom. The average Bonchev–Trinajstić information content (AvgIpc) is 3.00. The zero-order chi connectivity index (χ0) is 12.9. The van der Waals surface area contributed by atoms with Crippen LogP contribution in [0.15, 0.2) is 82.2 Å². The van der Waals surface area contributed by atoms with Crippen LogP contribution in [0.5, 0.6) is 0 Å². The van der Waals surface area contributed by atoms with Gasteiger partial charge in [0, 0.05) is 0 Å². The first-order chi connectivity index (χ1) is 9.43. The van der Waals surface area contributed by atoms with E-state index in [0.29, 0.717) is 0 Å². The van der Waals surface area contributed by atoms with Crippen molar-refractivity contribution in [2.24, 2.45) is 0 Å². The van der Waals surface area contributed by atoms with Crippen molar-refractivity contribution in [3.05, 3.63) is 93.3 Å². The van der Waals surface area contributed by atoms with Crippen molar-refractivity contribution in [1.82, 2.24) is 0 Å². The third-order valence-electron chi connectivity index (χ3n) is 3.18. The molecule has 0 atom stereocenters. The summed E-state index contributed by atoms with van der Waals surface area (Å²) < 4.78 is 3.24. The maximum atomic E-state index is 2.32. The second-order valence-corrected chi connectivity index (χ2v) is 7.98. The predicted molar refractivity (Wildman–Crippen MR) is 77.9 cm³/mol. The molecule has 0 bridgehead atoms. The molecule has 0 radical (unpaired) electrons. The fraction of sp³-hybridized carbons (Fsp3) is 0.0556. The number of hydrogen-bond donors (Lipinski definition) is 0. The quantitative estimate of drug-likeness (QED) is 0.577. The van der Waals surface area contributed by atoms with E-state index in [0.717, 1.165) is 6.42 Å². The first-order valence-electron chi connectivity index (χ1n) is 6.54. The molecule has 0 saturated heterocycles. The minimum atomic E-state index is -0.695. The van der Waals surface area contributed by atoms with Crippen molar-refractivity contribution < 1.29 is 47.6 Å². The van der Waals surface area contributed by atoms with Crippen molar-refractivity contribution in [3.63, 3.8) is 0 Å². The van der Waals surface area contributed by atoms with Crippen LogP contribution in [0.25, 0.3) is 0 Å². The second kappa shape index (κ2) is 9.31. The standard InChI is InChI=1S/C13H10.C5H5.2ClH.Zr/c1-3-7-12(8-4-1)11-13-9-5-2-6-10-13;1-2-4-5-3-1;;;/h1-10H;1-3H,4H2;2*1H;/q;;;;+2/p-2. The van der Waals surface area contributed by atoms with Crippen molar-refractivity contribution >= 4 is 3.21 Å². The summed E-state index contributed by atoms with van der Waals surface area (Å²) in [6, 6.07) is 21.7. The molecule has 0 saturated carbocycles. The summed E-state index contributed by atoms with van der Waals surface area (Å²) in [6.45, 7) is 0. The summed E-state index contributed by atoms with van der Waals surface area (Å²) in [6.07, 6.45) is 7.95. The van der Waals surface area contributed by atoms with Crippen LogP contribution < -0.4 is 24.8 Å². The molecular weight excluding hydrogens is 378 g/mol. The van der Waals surface area contributed by atoms with E-state index in [4.69, 9.17) is 0 Å². The Labute approximate surface area is 149 Å². The first kappa shape index (κ1) is 18.3. The molecule has 0 amide bonds. The maximum Gasteiger partial charge on any atom is -1.00 e. The Morgan fingerprint density at radius 2 is 1.29 bits per heavy atom. The molecule has 2 aromatic carbocycles. The monoisotopic (exact) mass is 391 g/mol. The molecule has 1 aliphatic rings. The molecule has 0 aliphatic heterocycles. The zero-order valence-electron chi connectivity index (χ0n) is 11.5. The number of hydrogen-bond acceptors (Lipinski definition) is 0. The van der Waals surface area contributed by atoms with E-state index < -0.39 is 22.8 Å². The van der Waals surface area contributed by atoms with Crippen LogP contribution in [0.4, 0.5) is 0 Å². The molecule has 0 aromatic heterocycles. The average molecular weight is 393 g/mol. The van der Waals surface area contributed by atoms with Crippen LogP contribution in [0.1, 0.15) is 17.5 Å². The molecular formula is C18H15Cl2Zr. The minimum absolute atomic E-state index is 0. The van der Waals surface area contributed by atoms with Crippen LogP contribution in [0, 0.1) is 0 Å². The van der Waals surface area contributed by atoms with E-state index in [1.165, 1.54) is 11.1 Å². The van der Waals surface area contributed by atoms with E-state index in [9.17, 15) is 0 Å². The van der Waals surface area contributed by atoms with E-state index >= 15 is 0 Å². The van der Waals surface area contributed by atoms with Gasteiger partial charge in [-0.1, -0.05) is 0 Å². The Kier molecular flexibility index (Phi) is 8.11. The number of rotatable bonds is 3. The van der Waals surface area contributed by atoms with Crippen molar-refractivity contribution in [2.45, 2.75) is 6.42 Å². The van der Waals surface area contributed by atoms with E-state index in [1.807, 2.05) is 0 Å². The van der Waals surface area contributed by atoms with Gasteiger partial charge in [-0.2, -0.15) is 0 Å². The third-order valence-corrected chi connectivity index (χ3v) is 6.92. The number of halogens is 2. The molecule has 0 N–H and O–H groups in total. The molecule has 0 spiro atoms. The van der Waals surface area contributed by atoms with Crippen LogP contribution >= 0.6 is 0 Å². The normalized spacial score (nSPS) is 11.7. The van der Waals surface area contributed by atoms with E-state index in [2.05, 4.69) is 78.9 Å². The Morgan fingerprint density at radius 3 is 1.71 bits per heavy atom. The number of benzene rings is 2. The topological polar surface area (TPSA) is 0 Å². The smallest absolute Gasteiger partial charge is 1.00 e. The molecule has 3 heteroatoms. The Hall–Kier alpha value is -0.747. The van der Waals surface area contributed by atoms with Crippen LogP contribution in [-0.4, -0.2) is 3.21 Å². The SMILES string of the molecule is C1=CC[C]([Zr+2]=[C](c2ccccc2)c2ccccc2)=C1.[Cl-].[Cl-]. The molecule has 105 valence electrons. The van der Waals surface area contributed by atoms with Gasteiger partial charge < -0.3 is 24.8 Å². The van der Waals surface area contributed by atoms with E-state index in [-0.39, 0.29) is 24.8 Å². The maximum absolute atomic E-state index is 2.32. The first-order valence-corrected chi connectivity index (χ1v) is 9.00. The molecule has 1 aliphatic carbocycles. The van der Waals surface area contributed by atoms with Gasteiger partial charge in [0.05, 0.1) is 0 Å². The van der Waals surface area contributed by atoms with Crippen molar-refractivity contribution in [3.8, 4) is 0 Å². The predicted octanol–water partition coefficient (Wildman–Crippen LogP) is -1.81. The fourth-order valence-electron chi connectivity index (χ4n) is 2.22. The van der Waals surface area contributed by atoms with Gasteiger partial charge in [-0.05, 0) is 0 Å². The van der Waals surface area contributed by atoms with Gasteiger partial charge >= 0.3 is 126 Å². The van der Waals surface area contributed by atoms with Crippen LogP contribution in [0.2, 0.25) is 0 Å². The van der Waals surface area contributed by atoms with Crippen molar-refractivity contribution in [1.29, 1.82) is 0 Å².